The van der Waals surface area contributed by atoms with Crippen molar-refractivity contribution in [3.8, 4) is 11.5 Å². The van der Waals surface area contributed by atoms with Crippen LogP contribution in [0.15, 0.2) is 18.2 Å². The molecule has 1 heterocycles. The van der Waals surface area contributed by atoms with E-state index in [0.29, 0.717) is 6.61 Å². The van der Waals surface area contributed by atoms with Gasteiger partial charge in [-0.2, -0.15) is 0 Å². The molecule has 0 spiro atoms. The van der Waals surface area contributed by atoms with Crippen molar-refractivity contribution in [2.75, 3.05) is 20.3 Å². The Morgan fingerprint density at radius 1 is 1.47 bits per heavy atom. The Balaban J connectivity index is 2.21. The number of ether oxygens (including phenoxy) is 3. The second kappa shape index (κ2) is 5.38. The Hall–Kier alpha value is -1.26. The number of methoxy groups -OCH3 is 1. The zero-order valence-electron chi connectivity index (χ0n) is 10.3. The molecule has 0 bridgehead atoms. The van der Waals surface area contributed by atoms with E-state index < -0.39 is 0 Å². The molecule has 2 N–H and O–H groups in total. The van der Waals surface area contributed by atoms with E-state index in [1.165, 1.54) is 0 Å². The average molecular weight is 237 g/mol. The Morgan fingerprint density at radius 2 is 2.29 bits per heavy atom. The summed E-state index contributed by atoms with van der Waals surface area (Å²) in [6, 6.07) is 5.68. The van der Waals surface area contributed by atoms with E-state index in [2.05, 4.69) is 0 Å². The van der Waals surface area contributed by atoms with Crippen molar-refractivity contribution in [3.63, 3.8) is 0 Å². The number of rotatable bonds is 4. The van der Waals surface area contributed by atoms with Gasteiger partial charge in [0.25, 0.3) is 0 Å². The van der Waals surface area contributed by atoms with Crippen LogP contribution in [-0.2, 0) is 4.74 Å². The molecule has 1 aliphatic heterocycles. The normalized spacial score (nSPS) is 21.2. The summed E-state index contributed by atoms with van der Waals surface area (Å²) in [5, 5.41) is 0. The van der Waals surface area contributed by atoms with E-state index >= 15 is 0 Å². The fourth-order valence-corrected chi connectivity index (χ4v) is 1.91. The Bertz CT molecular complexity index is 373. The van der Waals surface area contributed by atoms with Crippen LogP contribution in [0.3, 0.4) is 0 Å². The van der Waals surface area contributed by atoms with E-state index in [1.807, 2.05) is 25.1 Å². The van der Waals surface area contributed by atoms with Gasteiger partial charge in [-0.15, -0.1) is 0 Å². The van der Waals surface area contributed by atoms with Crippen molar-refractivity contribution in [3.05, 3.63) is 23.8 Å². The third-order valence-corrected chi connectivity index (χ3v) is 2.89. The predicted molar refractivity (Wildman–Crippen MR) is 65.4 cm³/mol. The van der Waals surface area contributed by atoms with Crippen LogP contribution in [-0.4, -0.2) is 26.4 Å². The molecule has 0 aromatic heterocycles. The van der Waals surface area contributed by atoms with Crippen molar-refractivity contribution in [1.29, 1.82) is 0 Å². The van der Waals surface area contributed by atoms with E-state index in [9.17, 15) is 0 Å². The van der Waals surface area contributed by atoms with Crippen LogP contribution >= 0.6 is 0 Å². The highest BCUT2D eigenvalue weighted by Gasteiger charge is 2.19. The highest BCUT2D eigenvalue weighted by Crippen LogP contribution is 2.30. The second-order valence-electron chi connectivity index (χ2n) is 4.30. The summed E-state index contributed by atoms with van der Waals surface area (Å²) in [4.78, 5) is 0. The molecule has 2 unspecified atom stereocenters. The topological polar surface area (TPSA) is 53.7 Å². The molecule has 94 valence electrons. The van der Waals surface area contributed by atoms with Gasteiger partial charge in [-0.05, 0) is 13.0 Å². The summed E-state index contributed by atoms with van der Waals surface area (Å²) in [6.45, 7) is 3.36. The molecule has 0 radical (unpaired) electrons. The molecule has 1 aliphatic rings. The van der Waals surface area contributed by atoms with Gasteiger partial charge in [0.15, 0.2) is 0 Å². The lowest BCUT2D eigenvalue weighted by Gasteiger charge is -2.18. The van der Waals surface area contributed by atoms with Gasteiger partial charge in [0.1, 0.15) is 17.6 Å². The van der Waals surface area contributed by atoms with Crippen LogP contribution in [0.4, 0.5) is 0 Å². The van der Waals surface area contributed by atoms with Crippen LogP contribution in [0.5, 0.6) is 11.5 Å². The summed E-state index contributed by atoms with van der Waals surface area (Å²) in [6.07, 6.45) is 1.05. The Morgan fingerprint density at radius 3 is 2.88 bits per heavy atom. The molecule has 17 heavy (non-hydrogen) atoms. The molecule has 0 saturated carbocycles. The standard InChI is InChI=1S/C13H19NO3/c1-9(14)12-4-3-10(15-2)7-13(12)17-11-5-6-16-8-11/h3-4,7,9,11H,5-6,8,14H2,1-2H3. The van der Waals surface area contributed by atoms with Crippen molar-refractivity contribution in [2.45, 2.75) is 25.5 Å². The molecule has 2 atom stereocenters. The lowest BCUT2D eigenvalue weighted by molar-refractivity contribution is 0.140. The first-order chi connectivity index (χ1) is 8.20. The SMILES string of the molecule is COc1ccc(C(C)N)c(OC2CCOC2)c1. The summed E-state index contributed by atoms with van der Waals surface area (Å²) >= 11 is 0. The highest BCUT2D eigenvalue weighted by molar-refractivity contribution is 5.42. The maximum atomic E-state index is 5.93. The quantitative estimate of drug-likeness (QED) is 0.868. The van der Waals surface area contributed by atoms with Gasteiger partial charge in [-0.3, -0.25) is 0 Å². The molecule has 1 aromatic carbocycles. The molecule has 2 rings (SSSR count). The maximum absolute atomic E-state index is 5.93. The van der Waals surface area contributed by atoms with Crippen molar-refractivity contribution in [2.24, 2.45) is 5.73 Å². The summed E-state index contributed by atoms with van der Waals surface area (Å²) < 4.78 is 16.4. The van der Waals surface area contributed by atoms with Gasteiger partial charge in [-0.25, -0.2) is 0 Å². The monoisotopic (exact) mass is 237 g/mol. The molecule has 1 saturated heterocycles. The fourth-order valence-electron chi connectivity index (χ4n) is 1.91. The second-order valence-corrected chi connectivity index (χ2v) is 4.30. The lowest BCUT2D eigenvalue weighted by Crippen LogP contribution is -2.18. The number of nitrogens with two attached hydrogens (primary N) is 1. The van der Waals surface area contributed by atoms with Gasteiger partial charge in [-0.1, -0.05) is 6.07 Å². The molecule has 1 aromatic rings. The van der Waals surface area contributed by atoms with Crippen LogP contribution in [0.1, 0.15) is 24.9 Å². The average Bonchev–Trinajstić information content (AvgIpc) is 2.81. The molecule has 4 heteroatoms. The van der Waals surface area contributed by atoms with Crippen LogP contribution in [0.25, 0.3) is 0 Å². The third kappa shape index (κ3) is 2.90. The maximum Gasteiger partial charge on any atom is 0.128 e. The molecular formula is C13H19NO3. The van der Waals surface area contributed by atoms with Crippen LogP contribution in [0, 0.1) is 0 Å². The van der Waals surface area contributed by atoms with E-state index in [4.69, 9.17) is 19.9 Å². The van der Waals surface area contributed by atoms with Gasteiger partial charge >= 0.3 is 0 Å². The zero-order chi connectivity index (χ0) is 12.3. The minimum absolute atomic E-state index is 0.0572. The smallest absolute Gasteiger partial charge is 0.128 e. The first-order valence-corrected chi connectivity index (χ1v) is 5.88. The van der Waals surface area contributed by atoms with Gasteiger partial charge in [0, 0.05) is 24.1 Å². The lowest BCUT2D eigenvalue weighted by atomic mass is 10.1. The number of hydrogen-bond donors (Lipinski definition) is 1. The zero-order valence-corrected chi connectivity index (χ0v) is 10.3. The molecular weight excluding hydrogens is 218 g/mol. The van der Waals surface area contributed by atoms with Gasteiger partial charge in [0.2, 0.25) is 0 Å². The largest absolute Gasteiger partial charge is 0.497 e. The molecule has 0 aliphatic carbocycles. The first-order valence-electron chi connectivity index (χ1n) is 5.88. The Kier molecular flexibility index (Phi) is 3.86. The van der Waals surface area contributed by atoms with Crippen LogP contribution in [0.2, 0.25) is 0 Å². The fraction of sp³-hybridized carbons (Fsp3) is 0.538. The van der Waals surface area contributed by atoms with E-state index in [1.54, 1.807) is 7.11 Å². The molecule has 4 nitrogen and oxygen atoms in total. The minimum Gasteiger partial charge on any atom is -0.497 e. The molecule has 1 fully saturated rings. The van der Waals surface area contributed by atoms with Gasteiger partial charge < -0.3 is 19.9 Å². The van der Waals surface area contributed by atoms with Gasteiger partial charge in [0.05, 0.1) is 20.3 Å². The van der Waals surface area contributed by atoms with Crippen LogP contribution < -0.4 is 15.2 Å². The third-order valence-electron chi connectivity index (χ3n) is 2.89. The summed E-state index contributed by atoms with van der Waals surface area (Å²) in [5.74, 6) is 1.58. The number of hydrogen-bond acceptors (Lipinski definition) is 4. The highest BCUT2D eigenvalue weighted by atomic mass is 16.5. The summed E-state index contributed by atoms with van der Waals surface area (Å²) in [7, 11) is 1.64. The summed E-state index contributed by atoms with van der Waals surface area (Å²) in [5.41, 5.74) is 6.93. The predicted octanol–water partition coefficient (Wildman–Crippen LogP) is 1.88. The van der Waals surface area contributed by atoms with E-state index in [-0.39, 0.29) is 12.1 Å². The molecule has 0 amide bonds. The van der Waals surface area contributed by atoms with E-state index in [0.717, 1.165) is 30.1 Å². The van der Waals surface area contributed by atoms with Crippen molar-refractivity contribution in [1.82, 2.24) is 0 Å². The van der Waals surface area contributed by atoms with Crippen molar-refractivity contribution < 1.29 is 14.2 Å². The van der Waals surface area contributed by atoms with Crippen molar-refractivity contribution >= 4 is 0 Å². The minimum atomic E-state index is -0.0572. The Labute approximate surface area is 102 Å². The number of benzene rings is 1. The first kappa shape index (κ1) is 12.2.